The molecule has 5 nitrogen and oxygen atoms in total. The second-order valence-corrected chi connectivity index (χ2v) is 7.71. The van der Waals surface area contributed by atoms with Crippen molar-refractivity contribution in [3.05, 3.63) is 59.7 Å². The van der Waals surface area contributed by atoms with Crippen LogP contribution in [0.4, 0.5) is 13.9 Å². The van der Waals surface area contributed by atoms with E-state index in [1.807, 2.05) is 0 Å². The molecule has 1 aromatic heterocycles. The summed E-state index contributed by atoms with van der Waals surface area (Å²) in [5, 5.41) is 3.79. The van der Waals surface area contributed by atoms with Gasteiger partial charge in [-0.3, -0.25) is 9.69 Å². The monoisotopic (exact) mass is 402 g/mol. The topological polar surface area (TPSA) is 48.5 Å². The number of hydrogen-bond acceptors (Lipinski definition) is 5. The molecule has 1 N–H and O–H groups in total. The third-order valence-corrected chi connectivity index (χ3v) is 5.88. The molecule has 0 aliphatic carbocycles. The molecule has 1 saturated heterocycles. The third kappa shape index (κ3) is 4.28. The number of thiazole rings is 1. The highest BCUT2D eigenvalue weighted by Gasteiger charge is 2.20. The van der Waals surface area contributed by atoms with Gasteiger partial charge < -0.3 is 10.2 Å². The maximum atomic E-state index is 13.4. The Hall–Kier alpha value is -2.58. The zero-order chi connectivity index (χ0) is 19.5. The zero-order valence-corrected chi connectivity index (χ0v) is 16.0. The van der Waals surface area contributed by atoms with Gasteiger partial charge in [-0.15, -0.1) is 0 Å². The van der Waals surface area contributed by atoms with E-state index in [0.29, 0.717) is 12.1 Å². The Morgan fingerprint density at radius 1 is 1.04 bits per heavy atom. The maximum Gasteiger partial charge on any atom is 0.251 e. The first kappa shape index (κ1) is 18.8. The van der Waals surface area contributed by atoms with Gasteiger partial charge in [0.1, 0.15) is 11.6 Å². The van der Waals surface area contributed by atoms with Gasteiger partial charge in [0.2, 0.25) is 0 Å². The SMILES string of the molecule is O=C(NCCN1CCN(c2nc3ccc(F)cc3s2)CC1)c1ccc(F)cc1. The molecule has 0 unspecified atom stereocenters. The molecule has 0 bridgehead atoms. The summed E-state index contributed by atoms with van der Waals surface area (Å²) in [6.45, 7) is 4.72. The molecule has 0 radical (unpaired) electrons. The molecule has 3 aromatic rings. The minimum atomic E-state index is -0.354. The van der Waals surface area contributed by atoms with E-state index in [1.54, 1.807) is 6.07 Å². The van der Waals surface area contributed by atoms with Gasteiger partial charge in [-0.1, -0.05) is 11.3 Å². The number of nitrogens with one attached hydrogen (secondary N) is 1. The van der Waals surface area contributed by atoms with E-state index in [4.69, 9.17) is 0 Å². The molecule has 146 valence electrons. The van der Waals surface area contributed by atoms with Crippen LogP contribution in [0.2, 0.25) is 0 Å². The smallest absolute Gasteiger partial charge is 0.251 e. The molecule has 2 heterocycles. The fourth-order valence-corrected chi connectivity index (χ4v) is 4.26. The van der Waals surface area contributed by atoms with Gasteiger partial charge in [-0.05, 0) is 42.5 Å². The highest BCUT2D eigenvalue weighted by molar-refractivity contribution is 7.22. The Kier molecular flexibility index (Phi) is 5.50. The molecule has 0 saturated carbocycles. The van der Waals surface area contributed by atoms with Gasteiger partial charge >= 0.3 is 0 Å². The van der Waals surface area contributed by atoms with E-state index in [-0.39, 0.29) is 17.5 Å². The van der Waals surface area contributed by atoms with Crippen molar-refractivity contribution in [2.24, 2.45) is 0 Å². The van der Waals surface area contributed by atoms with E-state index >= 15 is 0 Å². The fourth-order valence-electron chi connectivity index (χ4n) is 3.22. The van der Waals surface area contributed by atoms with Crippen molar-refractivity contribution in [3.8, 4) is 0 Å². The zero-order valence-electron chi connectivity index (χ0n) is 15.2. The predicted octanol–water partition coefficient (Wildman–Crippen LogP) is 3.13. The maximum absolute atomic E-state index is 13.4. The van der Waals surface area contributed by atoms with Crippen LogP contribution >= 0.6 is 11.3 Å². The lowest BCUT2D eigenvalue weighted by Gasteiger charge is -2.34. The molecule has 8 heteroatoms. The fraction of sp³-hybridized carbons (Fsp3) is 0.300. The van der Waals surface area contributed by atoms with Crippen molar-refractivity contribution in [2.75, 3.05) is 44.2 Å². The molecule has 4 rings (SSSR count). The lowest BCUT2D eigenvalue weighted by Crippen LogP contribution is -2.48. The van der Waals surface area contributed by atoms with E-state index < -0.39 is 0 Å². The predicted molar refractivity (Wildman–Crippen MR) is 107 cm³/mol. The normalized spacial score (nSPS) is 15.1. The molecule has 1 fully saturated rings. The number of carbonyl (C=O) groups is 1. The second kappa shape index (κ2) is 8.20. The molecule has 28 heavy (non-hydrogen) atoms. The highest BCUT2D eigenvalue weighted by atomic mass is 32.1. The van der Waals surface area contributed by atoms with Crippen LogP contribution in [-0.2, 0) is 0 Å². The molecule has 1 amide bonds. The summed E-state index contributed by atoms with van der Waals surface area (Å²) in [5.41, 5.74) is 1.28. The summed E-state index contributed by atoms with van der Waals surface area (Å²) in [7, 11) is 0. The first-order valence-electron chi connectivity index (χ1n) is 9.16. The van der Waals surface area contributed by atoms with Gasteiger partial charge in [-0.2, -0.15) is 0 Å². The molecule has 2 aromatic carbocycles. The van der Waals surface area contributed by atoms with Crippen LogP contribution in [0, 0.1) is 11.6 Å². The molecule has 1 aliphatic heterocycles. The number of rotatable bonds is 5. The lowest BCUT2D eigenvalue weighted by atomic mass is 10.2. The van der Waals surface area contributed by atoms with Crippen LogP contribution < -0.4 is 10.2 Å². The summed E-state index contributed by atoms with van der Waals surface area (Å²) in [4.78, 5) is 21.2. The Bertz CT molecular complexity index is 968. The van der Waals surface area contributed by atoms with E-state index in [0.717, 1.165) is 48.1 Å². The molecular weight excluding hydrogens is 382 g/mol. The van der Waals surface area contributed by atoms with Crippen molar-refractivity contribution in [3.63, 3.8) is 0 Å². The molecular formula is C20H20F2N4OS. The van der Waals surface area contributed by atoms with Gasteiger partial charge in [0.05, 0.1) is 10.2 Å². The van der Waals surface area contributed by atoms with Crippen molar-refractivity contribution in [2.45, 2.75) is 0 Å². The molecule has 0 atom stereocenters. The number of amides is 1. The van der Waals surface area contributed by atoms with Crippen molar-refractivity contribution >= 4 is 32.6 Å². The van der Waals surface area contributed by atoms with Crippen LogP contribution in [0.3, 0.4) is 0 Å². The van der Waals surface area contributed by atoms with Crippen molar-refractivity contribution in [1.82, 2.24) is 15.2 Å². The third-order valence-electron chi connectivity index (χ3n) is 4.80. The van der Waals surface area contributed by atoms with Crippen LogP contribution in [0.15, 0.2) is 42.5 Å². The minimum Gasteiger partial charge on any atom is -0.351 e. The first-order chi connectivity index (χ1) is 13.6. The number of aromatic nitrogens is 1. The minimum absolute atomic E-state index is 0.194. The standard InChI is InChI=1S/C20H20F2N4OS/c21-15-3-1-14(2-4-15)19(27)23-7-8-25-9-11-26(12-10-25)20-24-17-6-5-16(22)13-18(17)28-20/h1-6,13H,7-12H2,(H,23,27). The van der Waals surface area contributed by atoms with E-state index in [9.17, 15) is 13.6 Å². The van der Waals surface area contributed by atoms with E-state index in [1.165, 1.54) is 47.7 Å². The van der Waals surface area contributed by atoms with Crippen molar-refractivity contribution in [1.29, 1.82) is 0 Å². The number of benzene rings is 2. The van der Waals surface area contributed by atoms with Crippen molar-refractivity contribution < 1.29 is 13.6 Å². The Morgan fingerprint density at radius 2 is 1.75 bits per heavy atom. The molecule has 0 spiro atoms. The number of nitrogens with zero attached hydrogens (tertiary/aromatic N) is 3. The Labute approximate surface area is 165 Å². The van der Waals surface area contributed by atoms with Crippen LogP contribution in [0.1, 0.15) is 10.4 Å². The van der Waals surface area contributed by atoms with Crippen LogP contribution in [0.5, 0.6) is 0 Å². The number of piperazine rings is 1. The average molecular weight is 402 g/mol. The average Bonchev–Trinajstić information content (AvgIpc) is 3.12. The molecule has 1 aliphatic rings. The number of anilines is 1. The highest BCUT2D eigenvalue weighted by Crippen LogP contribution is 2.29. The quantitative estimate of drug-likeness (QED) is 0.713. The van der Waals surface area contributed by atoms with E-state index in [2.05, 4.69) is 20.1 Å². The van der Waals surface area contributed by atoms with Gasteiger partial charge in [0.15, 0.2) is 5.13 Å². The number of halogens is 2. The summed E-state index contributed by atoms with van der Waals surface area (Å²) in [6, 6.07) is 10.2. The van der Waals surface area contributed by atoms with Crippen LogP contribution in [0.25, 0.3) is 10.2 Å². The largest absolute Gasteiger partial charge is 0.351 e. The van der Waals surface area contributed by atoms with Crippen LogP contribution in [-0.4, -0.2) is 55.1 Å². The van der Waals surface area contributed by atoms with Gasteiger partial charge in [-0.25, -0.2) is 13.8 Å². The second-order valence-electron chi connectivity index (χ2n) is 6.70. The summed E-state index contributed by atoms with van der Waals surface area (Å²) in [5.74, 6) is -0.789. The summed E-state index contributed by atoms with van der Waals surface area (Å²) in [6.07, 6.45) is 0. The Morgan fingerprint density at radius 3 is 2.50 bits per heavy atom. The summed E-state index contributed by atoms with van der Waals surface area (Å²) < 4.78 is 27.1. The Balaban J connectivity index is 1.24. The lowest BCUT2D eigenvalue weighted by molar-refractivity contribution is 0.0947. The first-order valence-corrected chi connectivity index (χ1v) is 9.97. The number of fused-ring (bicyclic) bond motifs is 1. The van der Waals surface area contributed by atoms with Gasteiger partial charge in [0.25, 0.3) is 5.91 Å². The summed E-state index contributed by atoms with van der Waals surface area (Å²) >= 11 is 1.51. The van der Waals surface area contributed by atoms with Gasteiger partial charge in [0, 0.05) is 44.8 Å². The number of hydrogen-bond donors (Lipinski definition) is 1. The number of carbonyl (C=O) groups excluding carboxylic acids is 1.